The number of rotatable bonds is 3. The van der Waals surface area contributed by atoms with Gasteiger partial charge in [0.25, 0.3) is 0 Å². The minimum atomic E-state index is -0.982. The Balaban J connectivity index is 2.32. The molecular weight excluding hydrogens is 226 g/mol. The normalized spacial score (nSPS) is 18.3. The zero-order valence-electron chi connectivity index (χ0n) is 9.47. The van der Waals surface area contributed by atoms with Gasteiger partial charge in [-0.1, -0.05) is 12.8 Å². The van der Waals surface area contributed by atoms with Gasteiger partial charge in [0.15, 0.2) is 11.6 Å². The molecule has 0 unspecified atom stereocenters. The highest BCUT2D eigenvalue weighted by Crippen LogP contribution is 2.36. The molecule has 94 valence electrons. The van der Waals surface area contributed by atoms with E-state index in [4.69, 9.17) is 5.73 Å². The summed E-state index contributed by atoms with van der Waals surface area (Å²) in [5.74, 6) is -1.92. The first-order chi connectivity index (χ1) is 8.08. The fraction of sp³-hybridized carbons (Fsp3) is 0.500. The Morgan fingerprint density at radius 3 is 2.53 bits per heavy atom. The third kappa shape index (κ3) is 2.20. The van der Waals surface area contributed by atoms with Crippen LogP contribution in [0, 0.1) is 11.6 Å². The van der Waals surface area contributed by atoms with E-state index in [1.807, 2.05) is 0 Å². The van der Waals surface area contributed by atoms with E-state index in [1.54, 1.807) is 0 Å². The summed E-state index contributed by atoms with van der Waals surface area (Å²) in [6.07, 6.45) is 3.40. The van der Waals surface area contributed by atoms with Crippen molar-refractivity contribution in [1.82, 2.24) is 0 Å². The van der Waals surface area contributed by atoms with E-state index in [2.05, 4.69) is 5.32 Å². The number of hydrogen-bond donors (Lipinski definition) is 3. The molecular formula is C12H16F2N2O. The van der Waals surface area contributed by atoms with Gasteiger partial charge >= 0.3 is 0 Å². The summed E-state index contributed by atoms with van der Waals surface area (Å²) in [5, 5.41) is 12.3. The first kappa shape index (κ1) is 12.1. The Hall–Kier alpha value is -1.36. The molecule has 0 amide bonds. The average Bonchev–Trinajstić information content (AvgIpc) is 2.79. The lowest BCUT2D eigenvalue weighted by Gasteiger charge is -2.30. The first-order valence-corrected chi connectivity index (χ1v) is 5.70. The number of anilines is 2. The van der Waals surface area contributed by atoms with Crippen molar-refractivity contribution in [3.8, 4) is 0 Å². The van der Waals surface area contributed by atoms with E-state index in [0.29, 0.717) is 0 Å². The van der Waals surface area contributed by atoms with E-state index < -0.39 is 17.2 Å². The number of nitrogen functional groups attached to an aromatic ring is 1. The minimum absolute atomic E-state index is 0.0408. The van der Waals surface area contributed by atoms with Crippen LogP contribution in [-0.4, -0.2) is 17.3 Å². The summed E-state index contributed by atoms with van der Waals surface area (Å²) >= 11 is 0. The second kappa shape index (κ2) is 4.49. The van der Waals surface area contributed by atoms with Crippen LogP contribution in [-0.2, 0) is 0 Å². The molecule has 0 radical (unpaired) electrons. The minimum Gasteiger partial charge on any atom is -0.397 e. The van der Waals surface area contributed by atoms with Gasteiger partial charge in [-0.3, -0.25) is 0 Å². The number of nitrogens with two attached hydrogens (primary N) is 1. The van der Waals surface area contributed by atoms with Crippen molar-refractivity contribution in [2.24, 2.45) is 0 Å². The molecule has 0 aromatic heterocycles. The highest BCUT2D eigenvalue weighted by Gasteiger charge is 2.34. The van der Waals surface area contributed by atoms with Gasteiger partial charge in [-0.2, -0.15) is 0 Å². The molecule has 1 aliphatic rings. The van der Waals surface area contributed by atoms with Gasteiger partial charge in [0, 0.05) is 0 Å². The van der Waals surface area contributed by atoms with Crippen molar-refractivity contribution in [2.45, 2.75) is 31.2 Å². The van der Waals surface area contributed by atoms with Crippen molar-refractivity contribution in [3.63, 3.8) is 0 Å². The highest BCUT2D eigenvalue weighted by molar-refractivity contribution is 5.68. The van der Waals surface area contributed by atoms with Crippen LogP contribution in [0.25, 0.3) is 0 Å². The molecule has 1 aliphatic carbocycles. The molecule has 2 rings (SSSR count). The Morgan fingerprint density at radius 2 is 1.94 bits per heavy atom. The number of hydrogen-bond acceptors (Lipinski definition) is 3. The number of benzene rings is 1. The van der Waals surface area contributed by atoms with Crippen LogP contribution in [0.2, 0.25) is 0 Å². The van der Waals surface area contributed by atoms with Crippen LogP contribution in [0.3, 0.4) is 0 Å². The maximum atomic E-state index is 13.6. The Bertz CT molecular complexity index is 417. The molecule has 0 aliphatic heterocycles. The third-order valence-electron chi connectivity index (χ3n) is 3.38. The molecule has 4 N–H and O–H groups in total. The van der Waals surface area contributed by atoms with Crippen LogP contribution < -0.4 is 11.1 Å². The molecule has 1 aromatic rings. The van der Waals surface area contributed by atoms with Gasteiger partial charge in [0.2, 0.25) is 0 Å². The second-order valence-corrected chi connectivity index (χ2v) is 4.60. The number of nitrogens with one attached hydrogen (secondary N) is 1. The third-order valence-corrected chi connectivity index (χ3v) is 3.38. The van der Waals surface area contributed by atoms with E-state index in [0.717, 1.165) is 31.7 Å². The summed E-state index contributed by atoms with van der Waals surface area (Å²) in [7, 11) is 0. The molecule has 0 bridgehead atoms. The van der Waals surface area contributed by atoms with Crippen molar-refractivity contribution in [2.75, 3.05) is 17.7 Å². The molecule has 1 saturated carbocycles. The number of aliphatic hydroxyl groups is 1. The molecule has 3 nitrogen and oxygen atoms in total. The lowest BCUT2D eigenvalue weighted by molar-refractivity contribution is 0.213. The highest BCUT2D eigenvalue weighted by atomic mass is 19.2. The Labute approximate surface area is 98.6 Å². The molecule has 0 heterocycles. The predicted octanol–water partition coefficient (Wildman–Crippen LogP) is 2.26. The summed E-state index contributed by atoms with van der Waals surface area (Å²) in [6.45, 7) is -0.109. The molecule has 0 saturated heterocycles. The van der Waals surface area contributed by atoms with Gasteiger partial charge in [0.05, 0.1) is 23.5 Å². The molecule has 1 fully saturated rings. The molecule has 0 spiro atoms. The van der Waals surface area contributed by atoms with Crippen LogP contribution in [0.5, 0.6) is 0 Å². The van der Waals surface area contributed by atoms with E-state index >= 15 is 0 Å². The van der Waals surface area contributed by atoms with Crippen molar-refractivity contribution < 1.29 is 13.9 Å². The summed E-state index contributed by atoms with van der Waals surface area (Å²) < 4.78 is 26.8. The zero-order valence-corrected chi connectivity index (χ0v) is 9.47. The SMILES string of the molecule is Nc1ccc(F)c(F)c1NC1(CO)CCCC1. The lowest BCUT2D eigenvalue weighted by Crippen LogP contribution is -2.39. The van der Waals surface area contributed by atoms with Gasteiger partial charge in [-0.15, -0.1) is 0 Å². The summed E-state index contributed by atoms with van der Waals surface area (Å²) in [6, 6.07) is 2.32. The maximum absolute atomic E-state index is 13.6. The van der Waals surface area contributed by atoms with E-state index in [9.17, 15) is 13.9 Å². The molecule has 0 atom stereocenters. The van der Waals surface area contributed by atoms with Gasteiger partial charge in [0.1, 0.15) is 0 Å². The standard InChI is InChI=1S/C12H16F2N2O/c13-8-3-4-9(15)11(10(8)14)16-12(7-17)5-1-2-6-12/h3-4,16-17H,1-2,5-7,15H2. The van der Waals surface area contributed by atoms with Crippen molar-refractivity contribution in [1.29, 1.82) is 0 Å². The van der Waals surface area contributed by atoms with Gasteiger partial charge in [-0.25, -0.2) is 8.78 Å². The van der Waals surface area contributed by atoms with E-state index in [-0.39, 0.29) is 18.0 Å². The quantitative estimate of drug-likeness (QED) is 0.712. The summed E-state index contributed by atoms with van der Waals surface area (Å²) in [4.78, 5) is 0. The van der Waals surface area contributed by atoms with Crippen LogP contribution in [0.4, 0.5) is 20.2 Å². The van der Waals surface area contributed by atoms with Crippen LogP contribution >= 0.6 is 0 Å². The fourth-order valence-electron chi connectivity index (χ4n) is 2.33. The molecule has 1 aromatic carbocycles. The predicted molar refractivity (Wildman–Crippen MR) is 62.7 cm³/mol. The lowest BCUT2D eigenvalue weighted by atomic mass is 9.98. The van der Waals surface area contributed by atoms with Crippen LogP contribution in [0.1, 0.15) is 25.7 Å². The summed E-state index contributed by atoms with van der Waals surface area (Å²) in [5.41, 5.74) is 5.18. The smallest absolute Gasteiger partial charge is 0.183 e. The Kier molecular flexibility index (Phi) is 3.19. The topological polar surface area (TPSA) is 58.3 Å². The molecule has 17 heavy (non-hydrogen) atoms. The average molecular weight is 242 g/mol. The number of halogens is 2. The largest absolute Gasteiger partial charge is 0.397 e. The van der Waals surface area contributed by atoms with Gasteiger partial charge in [-0.05, 0) is 25.0 Å². The Morgan fingerprint density at radius 1 is 1.29 bits per heavy atom. The zero-order chi connectivity index (χ0) is 12.5. The monoisotopic (exact) mass is 242 g/mol. The van der Waals surface area contributed by atoms with Gasteiger partial charge < -0.3 is 16.2 Å². The first-order valence-electron chi connectivity index (χ1n) is 5.70. The van der Waals surface area contributed by atoms with Crippen molar-refractivity contribution >= 4 is 11.4 Å². The van der Waals surface area contributed by atoms with Crippen LogP contribution in [0.15, 0.2) is 12.1 Å². The fourth-order valence-corrected chi connectivity index (χ4v) is 2.33. The number of aliphatic hydroxyl groups excluding tert-OH is 1. The van der Waals surface area contributed by atoms with E-state index in [1.165, 1.54) is 6.07 Å². The maximum Gasteiger partial charge on any atom is 0.183 e. The second-order valence-electron chi connectivity index (χ2n) is 4.60. The molecule has 5 heteroatoms. The van der Waals surface area contributed by atoms with Crippen molar-refractivity contribution in [3.05, 3.63) is 23.8 Å².